The van der Waals surface area contributed by atoms with Crippen LogP contribution in [0.1, 0.15) is 26.2 Å². The number of hydrogen-bond donors (Lipinski definition) is 1. The zero-order chi connectivity index (χ0) is 12.7. The number of carbonyl (C=O) groups excluding carboxylic acids is 1. The Morgan fingerprint density at radius 3 is 2.94 bits per heavy atom. The maximum atomic E-state index is 11.4. The monoisotopic (exact) mass is 239 g/mol. The molecule has 5 nitrogen and oxygen atoms in total. The van der Waals surface area contributed by atoms with Gasteiger partial charge in [-0.1, -0.05) is 6.92 Å². The Kier molecular flexibility index (Phi) is 5.95. The van der Waals surface area contributed by atoms with E-state index in [2.05, 4.69) is 6.07 Å². The fourth-order valence-corrected chi connectivity index (χ4v) is 2.09. The number of amides is 1. The first-order chi connectivity index (χ1) is 8.17. The highest BCUT2D eigenvalue weighted by molar-refractivity contribution is 5.78. The fourth-order valence-electron chi connectivity index (χ4n) is 2.09. The van der Waals surface area contributed by atoms with E-state index >= 15 is 0 Å². The Bertz CT molecular complexity index is 288. The lowest BCUT2D eigenvalue weighted by atomic mass is 10.3. The van der Waals surface area contributed by atoms with Gasteiger partial charge in [0.25, 0.3) is 0 Å². The largest absolute Gasteiger partial charge is 0.390 e. The Morgan fingerprint density at radius 1 is 1.65 bits per heavy atom. The first kappa shape index (κ1) is 13.9. The van der Waals surface area contributed by atoms with Gasteiger partial charge in [-0.15, -0.1) is 0 Å². The topological polar surface area (TPSA) is 67.6 Å². The summed E-state index contributed by atoms with van der Waals surface area (Å²) >= 11 is 0. The van der Waals surface area contributed by atoms with Crippen LogP contribution in [0, 0.1) is 11.3 Å². The van der Waals surface area contributed by atoms with Gasteiger partial charge >= 0.3 is 0 Å². The molecule has 1 unspecified atom stereocenters. The van der Waals surface area contributed by atoms with Crippen LogP contribution in [0.25, 0.3) is 0 Å². The molecule has 0 aliphatic carbocycles. The van der Waals surface area contributed by atoms with Gasteiger partial charge in [0.2, 0.25) is 5.91 Å². The van der Waals surface area contributed by atoms with Gasteiger partial charge in [0.1, 0.15) is 0 Å². The van der Waals surface area contributed by atoms with E-state index in [4.69, 9.17) is 5.26 Å². The number of nitrogens with zero attached hydrogens (tertiary/aromatic N) is 3. The van der Waals surface area contributed by atoms with E-state index < -0.39 is 6.10 Å². The summed E-state index contributed by atoms with van der Waals surface area (Å²) in [4.78, 5) is 15.2. The molecular weight excluding hydrogens is 218 g/mol. The van der Waals surface area contributed by atoms with E-state index in [1.165, 1.54) is 0 Å². The molecule has 1 atom stereocenters. The number of rotatable bonds is 7. The minimum atomic E-state index is -0.518. The van der Waals surface area contributed by atoms with Crippen molar-refractivity contribution in [2.75, 3.05) is 32.7 Å². The third-order valence-corrected chi connectivity index (χ3v) is 3.06. The van der Waals surface area contributed by atoms with E-state index in [1.807, 2.05) is 11.8 Å². The van der Waals surface area contributed by atoms with Crippen LogP contribution in [0.4, 0.5) is 0 Å². The number of carbonyl (C=O) groups is 1. The minimum Gasteiger partial charge on any atom is -0.390 e. The number of nitriles is 1. The molecule has 1 saturated heterocycles. The summed E-state index contributed by atoms with van der Waals surface area (Å²) in [7, 11) is 0. The van der Waals surface area contributed by atoms with Crippen molar-refractivity contribution < 1.29 is 9.90 Å². The van der Waals surface area contributed by atoms with E-state index in [-0.39, 0.29) is 5.91 Å². The molecule has 0 aromatic rings. The van der Waals surface area contributed by atoms with E-state index in [0.29, 0.717) is 32.5 Å². The number of β-amino-alcohol motifs (C(OH)–C–C–N with tert-alkyl or cyclic N) is 1. The zero-order valence-electron chi connectivity index (χ0n) is 10.4. The van der Waals surface area contributed by atoms with Crippen LogP contribution in [0.2, 0.25) is 0 Å². The number of aliphatic hydroxyl groups excluding tert-OH is 1. The summed E-state index contributed by atoms with van der Waals surface area (Å²) in [6.07, 6.45) is 1.47. The molecule has 1 aliphatic rings. The third-order valence-electron chi connectivity index (χ3n) is 3.06. The number of likely N-dealkylation sites (tertiary alicyclic amines) is 1. The Labute approximate surface area is 103 Å². The van der Waals surface area contributed by atoms with E-state index in [9.17, 15) is 9.90 Å². The Balaban J connectivity index is 2.29. The summed E-state index contributed by atoms with van der Waals surface area (Å²) < 4.78 is 0. The minimum absolute atomic E-state index is 0.143. The summed E-state index contributed by atoms with van der Waals surface area (Å²) in [5.41, 5.74) is 0. The van der Waals surface area contributed by atoms with Crippen LogP contribution in [-0.4, -0.2) is 59.6 Å². The van der Waals surface area contributed by atoms with Crippen molar-refractivity contribution >= 4 is 5.91 Å². The molecule has 1 heterocycles. The van der Waals surface area contributed by atoms with Crippen LogP contribution in [0.5, 0.6) is 0 Å². The SMILES string of the molecule is CCN(CCC#N)CC(O)CN1CCCC1=O. The van der Waals surface area contributed by atoms with Crippen molar-refractivity contribution in [2.45, 2.75) is 32.3 Å². The van der Waals surface area contributed by atoms with Crippen molar-refractivity contribution in [1.29, 1.82) is 5.26 Å². The average Bonchev–Trinajstić information content (AvgIpc) is 2.70. The number of aliphatic hydroxyl groups is 1. The molecule has 5 heteroatoms. The molecule has 1 N–H and O–H groups in total. The molecule has 17 heavy (non-hydrogen) atoms. The molecule has 1 fully saturated rings. The van der Waals surface area contributed by atoms with Gasteiger partial charge < -0.3 is 10.0 Å². The molecule has 0 bridgehead atoms. The first-order valence-electron chi connectivity index (χ1n) is 6.22. The predicted molar refractivity (Wildman–Crippen MR) is 64.2 cm³/mol. The first-order valence-corrected chi connectivity index (χ1v) is 6.22. The summed E-state index contributed by atoms with van der Waals surface area (Å²) in [5.74, 6) is 0.143. The van der Waals surface area contributed by atoms with Gasteiger partial charge in [-0.2, -0.15) is 5.26 Å². The molecule has 1 rings (SSSR count). The quantitative estimate of drug-likeness (QED) is 0.689. The highest BCUT2D eigenvalue weighted by Crippen LogP contribution is 2.10. The van der Waals surface area contributed by atoms with Crippen LogP contribution < -0.4 is 0 Å². The normalized spacial score (nSPS) is 17.5. The smallest absolute Gasteiger partial charge is 0.222 e. The zero-order valence-corrected chi connectivity index (χ0v) is 10.4. The second kappa shape index (κ2) is 7.25. The lowest BCUT2D eigenvalue weighted by Crippen LogP contribution is -2.41. The molecular formula is C12H21N3O2. The molecule has 1 amide bonds. The van der Waals surface area contributed by atoms with Crippen molar-refractivity contribution in [3.8, 4) is 6.07 Å². The Hall–Kier alpha value is -1.12. The molecule has 0 radical (unpaired) electrons. The van der Waals surface area contributed by atoms with E-state index in [0.717, 1.165) is 19.5 Å². The molecule has 96 valence electrons. The van der Waals surface area contributed by atoms with Crippen molar-refractivity contribution in [3.63, 3.8) is 0 Å². The maximum Gasteiger partial charge on any atom is 0.222 e. The van der Waals surface area contributed by atoms with Gasteiger partial charge in [-0.05, 0) is 13.0 Å². The van der Waals surface area contributed by atoms with Gasteiger partial charge in [-0.25, -0.2) is 0 Å². The van der Waals surface area contributed by atoms with Crippen molar-refractivity contribution in [1.82, 2.24) is 9.80 Å². The average molecular weight is 239 g/mol. The van der Waals surface area contributed by atoms with Gasteiger partial charge in [0.05, 0.1) is 12.2 Å². The number of hydrogen-bond acceptors (Lipinski definition) is 4. The van der Waals surface area contributed by atoms with Crippen LogP contribution >= 0.6 is 0 Å². The second-order valence-electron chi connectivity index (χ2n) is 4.40. The molecule has 0 aromatic carbocycles. The van der Waals surface area contributed by atoms with Gasteiger partial charge in [0, 0.05) is 39.0 Å². The Morgan fingerprint density at radius 2 is 2.41 bits per heavy atom. The lowest BCUT2D eigenvalue weighted by Gasteiger charge is -2.25. The fraction of sp³-hybridized carbons (Fsp3) is 0.833. The summed E-state index contributed by atoms with van der Waals surface area (Å²) in [6, 6.07) is 2.10. The van der Waals surface area contributed by atoms with Gasteiger partial charge in [0.15, 0.2) is 0 Å². The highest BCUT2D eigenvalue weighted by Gasteiger charge is 2.23. The van der Waals surface area contributed by atoms with E-state index in [1.54, 1.807) is 4.90 Å². The highest BCUT2D eigenvalue weighted by atomic mass is 16.3. The summed E-state index contributed by atoms with van der Waals surface area (Å²) in [6.45, 7) is 5.21. The molecule has 1 aliphatic heterocycles. The number of likely N-dealkylation sites (N-methyl/N-ethyl adjacent to an activating group) is 1. The molecule has 0 aromatic heterocycles. The van der Waals surface area contributed by atoms with Crippen LogP contribution in [-0.2, 0) is 4.79 Å². The summed E-state index contributed by atoms with van der Waals surface area (Å²) in [5, 5.41) is 18.4. The van der Waals surface area contributed by atoms with Crippen LogP contribution in [0.15, 0.2) is 0 Å². The maximum absolute atomic E-state index is 11.4. The molecule has 0 saturated carbocycles. The van der Waals surface area contributed by atoms with Crippen molar-refractivity contribution in [3.05, 3.63) is 0 Å². The lowest BCUT2D eigenvalue weighted by molar-refractivity contribution is -0.129. The third kappa shape index (κ3) is 4.72. The van der Waals surface area contributed by atoms with Crippen LogP contribution in [0.3, 0.4) is 0 Å². The van der Waals surface area contributed by atoms with Gasteiger partial charge in [-0.3, -0.25) is 9.69 Å². The molecule has 0 spiro atoms. The van der Waals surface area contributed by atoms with Crippen molar-refractivity contribution in [2.24, 2.45) is 0 Å². The second-order valence-corrected chi connectivity index (χ2v) is 4.40. The predicted octanol–water partition coefficient (Wildman–Crippen LogP) is 0.205. The standard InChI is InChI=1S/C12H21N3O2/c1-2-14(7-4-6-13)9-11(16)10-15-8-3-5-12(15)17/h11,16H,2-5,7-10H2,1H3.